The van der Waals surface area contributed by atoms with Gasteiger partial charge in [-0.05, 0) is 73.1 Å². The summed E-state index contributed by atoms with van der Waals surface area (Å²) in [6.45, 7) is 1.10. The molecule has 0 atom stereocenters. The smallest absolute Gasteiger partial charge is 0.161 e. The average Bonchev–Trinajstić information content (AvgIpc) is 2.99. The number of allylic oxidation sites excluding steroid dienone is 4. The van der Waals surface area contributed by atoms with E-state index in [2.05, 4.69) is 29.2 Å². The summed E-state index contributed by atoms with van der Waals surface area (Å²) in [6.07, 6.45) is 5.23. The fourth-order valence-corrected chi connectivity index (χ4v) is 6.69. The van der Waals surface area contributed by atoms with Gasteiger partial charge in [-0.2, -0.15) is 0 Å². The van der Waals surface area contributed by atoms with Crippen molar-refractivity contribution >= 4 is 23.2 Å². The van der Waals surface area contributed by atoms with Gasteiger partial charge in [0.2, 0.25) is 0 Å². The number of carbonyl (C=O) groups is 2. The Hall–Kier alpha value is -3.83. The van der Waals surface area contributed by atoms with Gasteiger partial charge in [0.05, 0.1) is 7.11 Å². The number of ether oxygens (including phenoxy) is 2. The van der Waals surface area contributed by atoms with Crippen LogP contribution in [0.4, 0.5) is 0 Å². The molecule has 41 heavy (non-hydrogen) atoms. The fourth-order valence-electron chi connectivity index (χ4n) is 6.48. The second-order valence-electron chi connectivity index (χ2n) is 10.9. The summed E-state index contributed by atoms with van der Waals surface area (Å²) in [5.74, 6) is 1.08. The number of rotatable bonds is 8. The highest BCUT2D eigenvalue weighted by Gasteiger charge is 2.43. The number of ketones is 2. The Morgan fingerprint density at radius 2 is 1.46 bits per heavy atom. The SMILES string of the molecule is COc1cc(C2C3=C(CCCC3=O)N(CCc3ccccc3)C3=C2C(=O)CCC3)ccc1OCc1cccc(Cl)c1. The van der Waals surface area contributed by atoms with Crippen LogP contribution in [0, 0.1) is 0 Å². The molecule has 0 spiro atoms. The molecule has 3 aromatic carbocycles. The zero-order valence-electron chi connectivity index (χ0n) is 23.3. The van der Waals surface area contributed by atoms with E-state index in [-0.39, 0.29) is 17.5 Å². The maximum absolute atomic E-state index is 13.6. The molecular weight excluding hydrogens is 534 g/mol. The van der Waals surface area contributed by atoms with Gasteiger partial charge in [0.25, 0.3) is 0 Å². The second-order valence-corrected chi connectivity index (χ2v) is 11.4. The number of Topliss-reactive ketones (excluding diaryl/α,β-unsaturated/α-hetero) is 2. The monoisotopic (exact) mass is 567 g/mol. The van der Waals surface area contributed by atoms with Crippen LogP contribution in [0.5, 0.6) is 11.5 Å². The van der Waals surface area contributed by atoms with Crippen molar-refractivity contribution in [1.82, 2.24) is 4.90 Å². The predicted molar refractivity (Wildman–Crippen MR) is 160 cm³/mol. The zero-order chi connectivity index (χ0) is 28.3. The Morgan fingerprint density at radius 3 is 2.12 bits per heavy atom. The molecule has 3 aliphatic rings. The molecule has 1 heterocycles. The molecule has 1 aliphatic heterocycles. The maximum Gasteiger partial charge on any atom is 0.161 e. The molecule has 0 bridgehead atoms. The number of hydrogen-bond donors (Lipinski definition) is 0. The Bertz CT molecular complexity index is 1500. The third-order valence-electron chi connectivity index (χ3n) is 8.36. The molecule has 0 saturated heterocycles. The summed E-state index contributed by atoms with van der Waals surface area (Å²) >= 11 is 6.14. The van der Waals surface area contributed by atoms with Crippen molar-refractivity contribution in [3.8, 4) is 11.5 Å². The van der Waals surface area contributed by atoms with E-state index in [1.54, 1.807) is 7.11 Å². The number of carbonyl (C=O) groups excluding carboxylic acids is 2. The summed E-state index contributed by atoms with van der Waals surface area (Å²) < 4.78 is 11.9. The lowest BCUT2D eigenvalue weighted by Gasteiger charge is -2.44. The van der Waals surface area contributed by atoms with E-state index in [1.807, 2.05) is 48.5 Å². The number of hydrogen-bond acceptors (Lipinski definition) is 5. The van der Waals surface area contributed by atoms with Gasteiger partial charge in [0.1, 0.15) is 6.61 Å². The lowest BCUT2D eigenvalue weighted by atomic mass is 9.71. The second kappa shape index (κ2) is 12.0. The molecule has 3 aromatic rings. The van der Waals surface area contributed by atoms with Gasteiger partial charge in [-0.1, -0.05) is 60.1 Å². The summed E-state index contributed by atoms with van der Waals surface area (Å²) in [5.41, 5.74) is 6.86. The lowest BCUT2D eigenvalue weighted by Crippen LogP contribution is -2.39. The minimum Gasteiger partial charge on any atom is -0.493 e. The first-order valence-corrected chi connectivity index (χ1v) is 14.8. The van der Waals surface area contributed by atoms with Gasteiger partial charge >= 0.3 is 0 Å². The van der Waals surface area contributed by atoms with E-state index in [9.17, 15) is 9.59 Å². The highest BCUT2D eigenvalue weighted by molar-refractivity contribution is 6.30. The van der Waals surface area contributed by atoms with Gasteiger partial charge in [0.15, 0.2) is 23.1 Å². The van der Waals surface area contributed by atoms with Gasteiger partial charge in [-0.15, -0.1) is 0 Å². The van der Waals surface area contributed by atoms with Crippen LogP contribution in [0.2, 0.25) is 5.02 Å². The summed E-state index contributed by atoms with van der Waals surface area (Å²) in [5, 5.41) is 0.658. The quantitative estimate of drug-likeness (QED) is 0.281. The van der Waals surface area contributed by atoms with Crippen LogP contribution in [0.3, 0.4) is 0 Å². The van der Waals surface area contributed by atoms with Gasteiger partial charge in [0, 0.05) is 52.9 Å². The van der Waals surface area contributed by atoms with Gasteiger partial charge in [-0.25, -0.2) is 0 Å². The average molecular weight is 568 g/mol. The van der Waals surface area contributed by atoms with Crippen molar-refractivity contribution in [1.29, 1.82) is 0 Å². The van der Waals surface area contributed by atoms with E-state index < -0.39 is 0 Å². The van der Waals surface area contributed by atoms with Crippen LogP contribution in [0.15, 0.2) is 95.3 Å². The van der Waals surface area contributed by atoms with Crippen LogP contribution in [0.1, 0.15) is 61.1 Å². The van der Waals surface area contributed by atoms with Crippen LogP contribution >= 0.6 is 11.6 Å². The molecule has 6 rings (SSSR count). The zero-order valence-corrected chi connectivity index (χ0v) is 24.1. The fraction of sp³-hybridized carbons (Fsp3) is 0.314. The van der Waals surface area contributed by atoms with Crippen molar-refractivity contribution < 1.29 is 19.1 Å². The number of halogens is 1. The first kappa shape index (κ1) is 27.3. The summed E-state index contributed by atoms with van der Waals surface area (Å²) in [7, 11) is 1.62. The summed E-state index contributed by atoms with van der Waals surface area (Å²) in [4.78, 5) is 29.6. The van der Waals surface area contributed by atoms with E-state index >= 15 is 0 Å². The highest BCUT2D eigenvalue weighted by atomic mass is 35.5. The molecule has 0 aromatic heterocycles. The summed E-state index contributed by atoms with van der Waals surface area (Å²) in [6, 6.07) is 23.8. The molecule has 6 heteroatoms. The molecule has 2 aliphatic carbocycles. The molecule has 0 N–H and O–H groups in total. The number of benzene rings is 3. The molecule has 0 radical (unpaired) electrons. The maximum atomic E-state index is 13.6. The molecule has 5 nitrogen and oxygen atoms in total. The molecule has 0 amide bonds. The number of nitrogens with zero attached hydrogens (tertiary/aromatic N) is 1. The minimum atomic E-state index is -0.385. The minimum absolute atomic E-state index is 0.145. The normalized spacial score (nSPS) is 17.5. The third-order valence-corrected chi connectivity index (χ3v) is 8.59. The lowest BCUT2D eigenvalue weighted by molar-refractivity contribution is -0.117. The number of methoxy groups -OCH3 is 1. The molecule has 0 saturated carbocycles. The Labute approximate surface area is 246 Å². The van der Waals surface area contributed by atoms with Crippen LogP contribution in [-0.2, 0) is 22.6 Å². The predicted octanol–water partition coefficient (Wildman–Crippen LogP) is 7.58. The van der Waals surface area contributed by atoms with Crippen molar-refractivity contribution in [3.05, 3.63) is 117 Å². The van der Waals surface area contributed by atoms with Crippen LogP contribution in [-0.4, -0.2) is 30.1 Å². The molecule has 210 valence electrons. The topological polar surface area (TPSA) is 55.8 Å². The van der Waals surface area contributed by atoms with Crippen LogP contribution < -0.4 is 9.47 Å². The first-order chi connectivity index (χ1) is 20.0. The van der Waals surface area contributed by atoms with E-state index in [0.717, 1.165) is 72.3 Å². The highest BCUT2D eigenvalue weighted by Crippen LogP contribution is 2.50. The van der Waals surface area contributed by atoms with Gasteiger partial charge in [-0.3, -0.25) is 9.59 Å². The van der Waals surface area contributed by atoms with Crippen molar-refractivity contribution in [2.45, 2.75) is 57.5 Å². The van der Waals surface area contributed by atoms with E-state index in [1.165, 1.54) is 5.56 Å². The van der Waals surface area contributed by atoms with Crippen molar-refractivity contribution in [2.75, 3.05) is 13.7 Å². The standard InChI is InChI=1S/C35H34ClNO4/c1-40-32-21-25(16-17-31(32)41-22-24-10-5-11-26(36)20-24)33-34-27(12-6-14-29(34)38)37(19-18-23-8-3-2-4-9-23)28-13-7-15-30(39)35(28)33/h2-5,8-11,16-17,20-21,33H,6-7,12-15,18-19,22H2,1H3. The van der Waals surface area contributed by atoms with E-state index in [4.69, 9.17) is 21.1 Å². The molecule has 0 fully saturated rings. The third kappa shape index (κ3) is 5.56. The van der Waals surface area contributed by atoms with Crippen LogP contribution in [0.25, 0.3) is 0 Å². The Balaban J connectivity index is 1.38. The first-order valence-electron chi connectivity index (χ1n) is 14.4. The van der Waals surface area contributed by atoms with E-state index in [0.29, 0.717) is 36.0 Å². The molecular formula is C35H34ClNO4. The largest absolute Gasteiger partial charge is 0.493 e. The Kier molecular flexibility index (Phi) is 7.97. The van der Waals surface area contributed by atoms with Gasteiger partial charge < -0.3 is 14.4 Å². The van der Waals surface area contributed by atoms with Crippen molar-refractivity contribution in [3.63, 3.8) is 0 Å². The Morgan fingerprint density at radius 1 is 0.780 bits per heavy atom. The molecule has 0 unspecified atom stereocenters. The van der Waals surface area contributed by atoms with Crippen molar-refractivity contribution in [2.24, 2.45) is 0 Å².